The summed E-state index contributed by atoms with van der Waals surface area (Å²) in [5.74, 6) is 0. The van der Waals surface area contributed by atoms with Gasteiger partial charge in [0.1, 0.15) is 6.61 Å². The predicted octanol–water partition coefficient (Wildman–Crippen LogP) is 2.76. The number of hydrogen-bond donors (Lipinski definition) is 1. The third-order valence-corrected chi connectivity index (χ3v) is 4.25. The topological polar surface area (TPSA) is 32.8 Å². The number of hydrogen-bond acceptors (Lipinski definition) is 4. The Hall–Kier alpha value is -1.20. The van der Waals surface area contributed by atoms with Crippen LogP contribution < -0.4 is 4.90 Å². The van der Waals surface area contributed by atoms with Gasteiger partial charge in [0.25, 0.3) is 0 Å². The highest BCUT2D eigenvalue weighted by Gasteiger charge is 2.33. The molecule has 1 amide bonds. The summed E-state index contributed by atoms with van der Waals surface area (Å²) in [6.45, 7) is 4.25. The fourth-order valence-corrected chi connectivity index (χ4v) is 3.06. The first-order valence-electron chi connectivity index (χ1n) is 6.64. The minimum Gasteiger partial charge on any atom is -0.444 e. The van der Waals surface area contributed by atoms with Crippen molar-refractivity contribution in [2.45, 2.75) is 32.4 Å². The average molecular weight is 278 g/mol. The molecular formula is C14H18N2O2S. The Morgan fingerprint density at radius 2 is 2.05 bits per heavy atom. The van der Waals surface area contributed by atoms with Crippen LogP contribution in [-0.2, 0) is 11.3 Å². The Morgan fingerprint density at radius 3 is 2.79 bits per heavy atom. The highest BCUT2D eigenvalue weighted by molar-refractivity contribution is 7.77. The second kappa shape index (κ2) is 5.06. The minimum absolute atomic E-state index is 0.214. The van der Waals surface area contributed by atoms with E-state index in [2.05, 4.69) is 31.9 Å². The molecule has 102 valence electrons. The lowest BCUT2D eigenvalue weighted by molar-refractivity contribution is 0.136. The Balaban J connectivity index is 1.90. The van der Waals surface area contributed by atoms with Crippen LogP contribution in [0.1, 0.15) is 24.0 Å². The van der Waals surface area contributed by atoms with E-state index in [9.17, 15) is 4.79 Å². The van der Waals surface area contributed by atoms with Crippen LogP contribution in [0.2, 0.25) is 0 Å². The summed E-state index contributed by atoms with van der Waals surface area (Å²) >= 11 is 4.36. The summed E-state index contributed by atoms with van der Waals surface area (Å²) in [7, 11) is 0. The quantitative estimate of drug-likeness (QED) is 0.802. The van der Waals surface area contributed by atoms with Gasteiger partial charge in [-0.1, -0.05) is 30.5 Å². The molecule has 4 nitrogen and oxygen atoms in total. The Kier molecular flexibility index (Phi) is 3.41. The zero-order valence-electron chi connectivity index (χ0n) is 11.0. The number of rotatable bonds is 1. The van der Waals surface area contributed by atoms with Gasteiger partial charge in [-0.25, -0.2) is 4.79 Å². The maximum absolute atomic E-state index is 12.1. The zero-order chi connectivity index (χ0) is 13.4. The third kappa shape index (κ3) is 2.44. The van der Waals surface area contributed by atoms with Gasteiger partial charge in [0.2, 0.25) is 0 Å². The van der Waals surface area contributed by atoms with E-state index < -0.39 is 0 Å². The number of aryl methyl sites for hydroxylation is 1. The summed E-state index contributed by atoms with van der Waals surface area (Å²) in [4.78, 5) is 13.9. The second-order valence-corrected chi connectivity index (χ2v) is 5.81. The van der Waals surface area contributed by atoms with Crippen molar-refractivity contribution in [1.82, 2.24) is 4.31 Å². The number of nitrogens with zero attached hydrogens (tertiary/aromatic N) is 2. The largest absolute Gasteiger partial charge is 0.444 e. The molecule has 1 saturated heterocycles. The van der Waals surface area contributed by atoms with Crippen molar-refractivity contribution in [1.29, 1.82) is 0 Å². The highest BCUT2D eigenvalue weighted by Crippen LogP contribution is 2.32. The number of piperidine rings is 1. The maximum atomic E-state index is 12.1. The molecule has 3 rings (SSSR count). The van der Waals surface area contributed by atoms with Crippen molar-refractivity contribution in [3.05, 3.63) is 29.3 Å². The third-order valence-electron chi connectivity index (χ3n) is 3.85. The first-order valence-corrected chi connectivity index (χ1v) is 7.04. The molecule has 2 heterocycles. The van der Waals surface area contributed by atoms with Crippen LogP contribution >= 0.6 is 12.8 Å². The smallest absolute Gasteiger partial charge is 0.414 e. The lowest BCUT2D eigenvalue weighted by Gasteiger charge is -2.39. The van der Waals surface area contributed by atoms with Gasteiger partial charge in [-0.3, -0.25) is 9.21 Å². The minimum atomic E-state index is -0.214. The van der Waals surface area contributed by atoms with Crippen LogP contribution in [0.25, 0.3) is 0 Å². The van der Waals surface area contributed by atoms with Gasteiger partial charge in [0.05, 0.1) is 5.69 Å². The van der Waals surface area contributed by atoms with Gasteiger partial charge >= 0.3 is 6.09 Å². The first kappa shape index (κ1) is 12.8. The van der Waals surface area contributed by atoms with E-state index in [1.165, 1.54) is 5.56 Å². The Bertz CT molecular complexity index is 498. The summed E-state index contributed by atoms with van der Waals surface area (Å²) in [5, 5.41) is 0. The normalized spacial score (nSPS) is 21.2. The molecule has 0 saturated carbocycles. The fraction of sp³-hybridized carbons (Fsp3) is 0.500. The summed E-state index contributed by atoms with van der Waals surface area (Å²) in [6, 6.07) is 6.41. The lowest BCUT2D eigenvalue weighted by atomic mass is 10.0. The molecule has 0 atom stereocenters. The van der Waals surface area contributed by atoms with Gasteiger partial charge in [-0.05, 0) is 25.8 Å². The molecule has 0 aromatic heterocycles. The highest BCUT2D eigenvalue weighted by atomic mass is 32.1. The molecule has 19 heavy (non-hydrogen) atoms. The van der Waals surface area contributed by atoms with E-state index in [0.29, 0.717) is 6.61 Å². The van der Waals surface area contributed by atoms with Gasteiger partial charge in [-0.2, -0.15) is 0 Å². The van der Waals surface area contributed by atoms with Gasteiger partial charge in [-0.15, -0.1) is 0 Å². The summed E-state index contributed by atoms with van der Waals surface area (Å²) in [5.41, 5.74) is 3.31. The average Bonchev–Trinajstić information content (AvgIpc) is 2.40. The molecule has 0 bridgehead atoms. The molecule has 0 spiro atoms. The van der Waals surface area contributed by atoms with Crippen molar-refractivity contribution in [3.8, 4) is 0 Å². The lowest BCUT2D eigenvalue weighted by Crippen LogP contribution is -2.48. The van der Waals surface area contributed by atoms with Crippen LogP contribution in [0.15, 0.2) is 18.2 Å². The van der Waals surface area contributed by atoms with E-state index in [4.69, 9.17) is 4.74 Å². The molecule has 0 radical (unpaired) electrons. The van der Waals surface area contributed by atoms with Gasteiger partial charge < -0.3 is 4.74 Å². The monoisotopic (exact) mass is 278 g/mol. The zero-order valence-corrected chi connectivity index (χ0v) is 11.9. The molecule has 0 N–H and O–H groups in total. The van der Waals surface area contributed by atoms with Gasteiger partial charge in [0, 0.05) is 24.7 Å². The molecule has 2 aliphatic heterocycles. The number of carbonyl (C=O) groups is 1. The second-order valence-electron chi connectivity index (χ2n) is 5.24. The van der Waals surface area contributed by atoms with Crippen LogP contribution in [0.4, 0.5) is 10.5 Å². The van der Waals surface area contributed by atoms with E-state index in [0.717, 1.165) is 37.2 Å². The van der Waals surface area contributed by atoms with Crippen LogP contribution in [0.5, 0.6) is 0 Å². The Labute approximate surface area is 118 Å². The van der Waals surface area contributed by atoms with Crippen LogP contribution in [0, 0.1) is 6.92 Å². The number of carbonyl (C=O) groups excluding carboxylic acids is 1. The molecule has 1 aromatic rings. The molecule has 0 unspecified atom stereocenters. The van der Waals surface area contributed by atoms with Crippen LogP contribution in [0.3, 0.4) is 0 Å². The molecule has 0 aliphatic carbocycles. The number of cyclic esters (lactones) is 1. The van der Waals surface area contributed by atoms with Crippen molar-refractivity contribution in [2.75, 3.05) is 18.0 Å². The fourth-order valence-electron chi connectivity index (χ4n) is 2.83. The van der Waals surface area contributed by atoms with E-state index in [-0.39, 0.29) is 12.1 Å². The standard InChI is InChI=1S/C14H18N2O2S/c1-10-2-3-13-11(8-10)9-18-14(17)16(13)12-4-6-15(19)7-5-12/h2-3,8,12,19H,4-7,9H2,1H3. The van der Waals surface area contributed by atoms with E-state index in [1.807, 2.05) is 15.3 Å². The molecule has 1 aromatic carbocycles. The van der Waals surface area contributed by atoms with Crippen LogP contribution in [-0.4, -0.2) is 29.5 Å². The van der Waals surface area contributed by atoms with Crippen molar-refractivity contribution in [2.24, 2.45) is 0 Å². The predicted molar refractivity (Wildman–Crippen MR) is 77.4 cm³/mol. The van der Waals surface area contributed by atoms with E-state index in [1.54, 1.807) is 0 Å². The van der Waals surface area contributed by atoms with Crippen molar-refractivity contribution in [3.63, 3.8) is 0 Å². The number of amides is 1. The van der Waals surface area contributed by atoms with Gasteiger partial charge in [0.15, 0.2) is 0 Å². The molecular weight excluding hydrogens is 260 g/mol. The van der Waals surface area contributed by atoms with Crippen molar-refractivity contribution < 1.29 is 9.53 Å². The van der Waals surface area contributed by atoms with E-state index >= 15 is 0 Å². The number of benzene rings is 1. The SMILES string of the molecule is Cc1ccc2c(c1)COC(=O)N2C1CCN(S)CC1. The number of anilines is 1. The molecule has 2 aliphatic rings. The van der Waals surface area contributed by atoms with Crippen molar-refractivity contribution >= 4 is 24.6 Å². The summed E-state index contributed by atoms with van der Waals surface area (Å²) in [6.07, 6.45) is 1.66. The molecule has 1 fully saturated rings. The molecule has 5 heteroatoms. The number of thiol groups is 1. The maximum Gasteiger partial charge on any atom is 0.414 e. The Morgan fingerprint density at radius 1 is 1.32 bits per heavy atom. The number of fused-ring (bicyclic) bond motifs is 1. The first-order chi connectivity index (χ1) is 9.15. The number of ether oxygens (including phenoxy) is 1. The summed E-state index contributed by atoms with van der Waals surface area (Å²) < 4.78 is 7.31.